The lowest BCUT2D eigenvalue weighted by Crippen LogP contribution is -2.31. The van der Waals surface area contributed by atoms with Crippen LogP contribution < -0.4 is 10.1 Å². The number of hydrogen-bond donors (Lipinski definition) is 1. The van der Waals surface area contributed by atoms with Crippen LogP contribution in [0.2, 0.25) is 0 Å². The summed E-state index contributed by atoms with van der Waals surface area (Å²) in [6.07, 6.45) is 1.83. The van der Waals surface area contributed by atoms with Crippen molar-refractivity contribution in [2.75, 3.05) is 20.3 Å². The number of rotatable bonds is 6. The highest BCUT2D eigenvalue weighted by molar-refractivity contribution is 5.33. The van der Waals surface area contributed by atoms with Crippen molar-refractivity contribution in [1.29, 1.82) is 0 Å². The van der Waals surface area contributed by atoms with E-state index in [0.29, 0.717) is 13.2 Å². The molecule has 1 saturated heterocycles. The van der Waals surface area contributed by atoms with Crippen molar-refractivity contribution in [3.8, 4) is 5.75 Å². The summed E-state index contributed by atoms with van der Waals surface area (Å²) in [5.74, 6) is -0.872. The summed E-state index contributed by atoms with van der Waals surface area (Å²) in [7, 11) is 1.40. The molecule has 1 aromatic carbocycles. The van der Waals surface area contributed by atoms with E-state index in [1.54, 1.807) is 0 Å². The number of hydrogen-bond acceptors (Lipinski definition) is 3. The van der Waals surface area contributed by atoms with Crippen LogP contribution in [-0.4, -0.2) is 26.4 Å². The maximum atomic E-state index is 14.3. The van der Waals surface area contributed by atoms with Crippen molar-refractivity contribution >= 4 is 0 Å². The normalized spacial score (nSPS) is 23.3. The average Bonchev–Trinajstić information content (AvgIpc) is 2.87. The quantitative estimate of drug-likeness (QED) is 0.873. The predicted molar refractivity (Wildman–Crippen MR) is 77.5 cm³/mol. The Labute approximate surface area is 124 Å². The Morgan fingerprint density at radius 1 is 1.38 bits per heavy atom. The highest BCUT2D eigenvalue weighted by Gasteiger charge is 2.33. The van der Waals surface area contributed by atoms with Crippen LogP contribution in [0.15, 0.2) is 12.1 Å². The molecule has 0 radical (unpaired) electrons. The van der Waals surface area contributed by atoms with Gasteiger partial charge in [0.15, 0.2) is 0 Å². The Kier molecular flexibility index (Phi) is 5.53. The lowest BCUT2D eigenvalue weighted by atomic mass is 9.90. The van der Waals surface area contributed by atoms with E-state index in [1.807, 2.05) is 13.8 Å². The highest BCUT2D eigenvalue weighted by atomic mass is 19.1. The molecule has 0 spiro atoms. The van der Waals surface area contributed by atoms with Gasteiger partial charge in [-0.1, -0.05) is 6.92 Å². The largest absolute Gasteiger partial charge is 0.497 e. The molecule has 0 amide bonds. The Balaban J connectivity index is 2.31. The number of ether oxygens (including phenoxy) is 2. The van der Waals surface area contributed by atoms with Gasteiger partial charge in [0.25, 0.3) is 0 Å². The summed E-state index contributed by atoms with van der Waals surface area (Å²) >= 11 is 0. The Morgan fingerprint density at radius 2 is 2.05 bits per heavy atom. The standard InChI is InChI=1S/C16H23F2NO2/c1-4-5-19-16(11-6-10(2)21-9-11)15-13(17)7-12(20-3)8-14(15)18/h7-8,10-11,16,19H,4-6,9H2,1-3H3. The van der Waals surface area contributed by atoms with Crippen molar-refractivity contribution in [2.24, 2.45) is 5.92 Å². The minimum absolute atomic E-state index is 0.0731. The van der Waals surface area contributed by atoms with Gasteiger partial charge in [0.05, 0.1) is 19.8 Å². The van der Waals surface area contributed by atoms with Gasteiger partial charge in [-0.3, -0.25) is 0 Å². The number of methoxy groups -OCH3 is 1. The van der Waals surface area contributed by atoms with E-state index in [0.717, 1.165) is 12.8 Å². The lowest BCUT2D eigenvalue weighted by molar-refractivity contribution is 0.116. The fourth-order valence-electron chi connectivity index (χ4n) is 2.86. The van der Waals surface area contributed by atoms with Gasteiger partial charge in [0.1, 0.15) is 17.4 Å². The van der Waals surface area contributed by atoms with Gasteiger partial charge in [0.2, 0.25) is 0 Å². The van der Waals surface area contributed by atoms with Crippen LogP contribution in [0.4, 0.5) is 8.78 Å². The van der Waals surface area contributed by atoms with Gasteiger partial charge in [-0.25, -0.2) is 8.78 Å². The molecule has 1 heterocycles. The van der Waals surface area contributed by atoms with E-state index in [4.69, 9.17) is 9.47 Å². The Bertz CT molecular complexity index is 458. The molecule has 1 fully saturated rings. The van der Waals surface area contributed by atoms with Gasteiger partial charge >= 0.3 is 0 Å². The molecule has 0 aromatic heterocycles. The molecule has 3 nitrogen and oxygen atoms in total. The van der Waals surface area contributed by atoms with E-state index in [2.05, 4.69) is 5.32 Å². The van der Waals surface area contributed by atoms with Gasteiger partial charge in [-0.15, -0.1) is 0 Å². The van der Waals surface area contributed by atoms with Gasteiger partial charge in [-0.2, -0.15) is 0 Å². The van der Waals surface area contributed by atoms with Gasteiger partial charge < -0.3 is 14.8 Å². The second kappa shape index (κ2) is 7.18. The van der Waals surface area contributed by atoms with Crippen molar-refractivity contribution in [3.05, 3.63) is 29.3 Å². The van der Waals surface area contributed by atoms with Crippen LogP contribution in [-0.2, 0) is 4.74 Å². The zero-order chi connectivity index (χ0) is 15.4. The zero-order valence-corrected chi connectivity index (χ0v) is 12.8. The van der Waals surface area contributed by atoms with E-state index in [-0.39, 0.29) is 29.4 Å². The lowest BCUT2D eigenvalue weighted by Gasteiger charge is -2.25. The second-order valence-electron chi connectivity index (χ2n) is 5.58. The minimum Gasteiger partial charge on any atom is -0.497 e. The summed E-state index contributed by atoms with van der Waals surface area (Å²) < 4.78 is 39.1. The van der Waals surface area contributed by atoms with E-state index in [1.165, 1.54) is 19.2 Å². The fourth-order valence-corrected chi connectivity index (χ4v) is 2.86. The number of halogens is 2. The van der Waals surface area contributed by atoms with Crippen LogP contribution in [0.25, 0.3) is 0 Å². The first-order chi connectivity index (χ1) is 10.1. The fraction of sp³-hybridized carbons (Fsp3) is 0.625. The topological polar surface area (TPSA) is 30.5 Å². The molecule has 1 aliphatic rings. The molecule has 1 N–H and O–H groups in total. The first-order valence-corrected chi connectivity index (χ1v) is 7.44. The molecule has 0 aliphatic carbocycles. The van der Waals surface area contributed by atoms with Crippen molar-refractivity contribution in [1.82, 2.24) is 5.32 Å². The minimum atomic E-state index is -0.569. The van der Waals surface area contributed by atoms with Crippen LogP contribution in [0.3, 0.4) is 0 Å². The van der Waals surface area contributed by atoms with Crippen LogP contribution in [0.1, 0.15) is 38.3 Å². The SMILES string of the molecule is CCCNC(c1c(F)cc(OC)cc1F)C1COC(C)C1. The smallest absolute Gasteiger partial charge is 0.134 e. The highest BCUT2D eigenvalue weighted by Crippen LogP contribution is 2.35. The molecule has 3 unspecified atom stereocenters. The Hall–Kier alpha value is -1.20. The van der Waals surface area contributed by atoms with E-state index in [9.17, 15) is 8.78 Å². The van der Waals surface area contributed by atoms with Crippen molar-refractivity contribution in [2.45, 2.75) is 38.8 Å². The third-order valence-corrected chi connectivity index (χ3v) is 3.91. The molecule has 0 saturated carbocycles. The molecule has 118 valence electrons. The maximum Gasteiger partial charge on any atom is 0.134 e. The summed E-state index contributed by atoms with van der Waals surface area (Å²) in [5, 5.41) is 3.27. The molecule has 5 heteroatoms. The van der Waals surface area contributed by atoms with Gasteiger partial charge in [-0.05, 0) is 26.3 Å². The molecular formula is C16H23F2NO2. The molecule has 21 heavy (non-hydrogen) atoms. The summed E-state index contributed by atoms with van der Waals surface area (Å²) in [6.45, 7) is 5.24. The third-order valence-electron chi connectivity index (χ3n) is 3.91. The molecule has 1 aromatic rings. The molecule has 2 rings (SSSR count). The molecule has 3 atom stereocenters. The summed E-state index contributed by atoms with van der Waals surface area (Å²) in [6, 6.07) is 2.09. The zero-order valence-electron chi connectivity index (χ0n) is 12.8. The number of nitrogens with one attached hydrogen (secondary N) is 1. The molecular weight excluding hydrogens is 276 g/mol. The monoisotopic (exact) mass is 299 g/mol. The number of benzene rings is 1. The van der Waals surface area contributed by atoms with Crippen molar-refractivity contribution < 1.29 is 18.3 Å². The molecule has 0 bridgehead atoms. The van der Waals surface area contributed by atoms with E-state index >= 15 is 0 Å². The van der Waals surface area contributed by atoms with Crippen LogP contribution >= 0.6 is 0 Å². The summed E-state index contributed by atoms with van der Waals surface area (Å²) in [4.78, 5) is 0. The second-order valence-corrected chi connectivity index (χ2v) is 5.58. The third kappa shape index (κ3) is 3.71. The van der Waals surface area contributed by atoms with Gasteiger partial charge in [0, 0.05) is 29.7 Å². The van der Waals surface area contributed by atoms with Crippen molar-refractivity contribution in [3.63, 3.8) is 0 Å². The van der Waals surface area contributed by atoms with Crippen LogP contribution in [0.5, 0.6) is 5.75 Å². The Morgan fingerprint density at radius 3 is 2.52 bits per heavy atom. The first-order valence-electron chi connectivity index (χ1n) is 7.44. The van der Waals surface area contributed by atoms with E-state index < -0.39 is 11.6 Å². The average molecular weight is 299 g/mol. The van der Waals surface area contributed by atoms with Crippen LogP contribution in [0, 0.1) is 17.6 Å². The maximum absolute atomic E-state index is 14.3. The first kappa shape index (κ1) is 16.2. The molecule has 1 aliphatic heterocycles. The predicted octanol–water partition coefficient (Wildman–Crippen LogP) is 3.44. The summed E-state index contributed by atoms with van der Waals surface area (Å²) in [5.41, 5.74) is 0.0898.